The molecule has 0 bridgehead atoms. The molecular formula is C14H17FN2O3. The van der Waals surface area contributed by atoms with E-state index in [9.17, 15) is 19.1 Å². The fourth-order valence-corrected chi connectivity index (χ4v) is 1.94. The molecular weight excluding hydrogens is 263 g/mol. The van der Waals surface area contributed by atoms with Crippen LogP contribution in [0, 0.1) is 11.7 Å². The molecule has 1 saturated carbocycles. The SMILES string of the molecule is CC(O)(CNC(=O)C(=O)Nc1cccc(F)c1)C1CC1. The molecule has 0 radical (unpaired) electrons. The molecule has 1 aromatic carbocycles. The fraction of sp³-hybridized carbons (Fsp3) is 0.429. The lowest BCUT2D eigenvalue weighted by Gasteiger charge is -2.22. The highest BCUT2D eigenvalue weighted by Crippen LogP contribution is 2.38. The molecule has 1 aromatic rings. The molecule has 3 N–H and O–H groups in total. The van der Waals surface area contributed by atoms with Crippen molar-refractivity contribution < 1.29 is 19.1 Å². The van der Waals surface area contributed by atoms with Gasteiger partial charge in [-0.15, -0.1) is 0 Å². The van der Waals surface area contributed by atoms with Crippen molar-refractivity contribution in [2.24, 2.45) is 5.92 Å². The van der Waals surface area contributed by atoms with Gasteiger partial charge in [0, 0.05) is 12.2 Å². The number of rotatable bonds is 4. The lowest BCUT2D eigenvalue weighted by Crippen LogP contribution is -2.45. The lowest BCUT2D eigenvalue weighted by molar-refractivity contribution is -0.136. The van der Waals surface area contributed by atoms with Crippen LogP contribution in [0.3, 0.4) is 0 Å². The Balaban J connectivity index is 1.84. The highest BCUT2D eigenvalue weighted by atomic mass is 19.1. The number of benzene rings is 1. The second kappa shape index (κ2) is 5.58. The summed E-state index contributed by atoms with van der Waals surface area (Å²) >= 11 is 0. The van der Waals surface area contributed by atoms with Gasteiger partial charge in [0.05, 0.1) is 5.60 Å². The van der Waals surface area contributed by atoms with Crippen LogP contribution in [0.15, 0.2) is 24.3 Å². The van der Waals surface area contributed by atoms with Crippen LogP contribution < -0.4 is 10.6 Å². The summed E-state index contributed by atoms with van der Waals surface area (Å²) in [7, 11) is 0. The second-order valence-corrected chi connectivity index (χ2v) is 5.28. The maximum atomic E-state index is 12.9. The van der Waals surface area contributed by atoms with Crippen LogP contribution in [0.5, 0.6) is 0 Å². The van der Waals surface area contributed by atoms with Crippen molar-refractivity contribution in [3.63, 3.8) is 0 Å². The van der Waals surface area contributed by atoms with Crippen molar-refractivity contribution in [3.05, 3.63) is 30.1 Å². The van der Waals surface area contributed by atoms with Crippen molar-refractivity contribution in [2.45, 2.75) is 25.4 Å². The van der Waals surface area contributed by atoms with Crippen LogP contribution in [-0.4, -0.2) is 29.1 Å². The third-order valence-electron chi connectivity index (χ3n) is 3.35. The van der Waals surface area contributed by atoms with Gasteiger partial charge >= 0.3 is 11.8 Å². The van der Waals surface area contributed by atoms with Gasteiger partial charge in [-0.05, 0) is 43.9 Å². The van der Waals surface area contributed by atoms with Gasteiger partial charge in [0.1, 0.15) is 5.82 Å². The molecule has 1 fully saturated rings. The average Bonchev–Trinajstić information content (AvgIpc) is 3.20. The van der Waals surface area contributed by atoms with E-state index in [1.54, 1.807) is 6.92 Å². The van der Waals surface area contributed by atoms with Crippen LogP contribution >= 0.6 is 0 Å². The van der Waals surface area contributed by atoms with Crippen molar-refractivity contribution in [3.8, 4) is 0 Å². The van der Waals surface area contributed by atoms with Gasteiger partial charge in [0.2, 0.25) is 0 Å². The third kappa shape index (κ3) is 3.77. The predicted octanol–water partition coefficient (Wildman–Crippen LogP) is 1.04. The molecule has 5 nitrogen and oxygen atoms in total. The Bertz CT molecular complexity index is 527. The number of hydrogen-bond acceptors (Lipinski definition) is 3. The molecule has 1 unspecified atom stereocenters. The van der Waals surface area contributed by atoms with E-state index in [1.165, 1.54) is 18.2 Å². The zero-order valence-electron chi connectivity index (χ0n) is 11.1. The summed E-state index contributed by atoms with van der Waals surface area (Å²) in [5.74, 6) is -2.06. The number of nitrogens with one attached hydrogen (secondary N) is 2. The Hall–Kier alpha value is -1.95. The first-order valence-electron chi connectivity index (χ1n) is 6.45. The van der Waals surface area contributed by atoms with Crippen LogP contribution in [-0.2, 0) is 9.59 Å². The van der Waals surface area contributed by atoms with Crippen molar-refractivity contribution >= 4 is 17.5 Å². The lowest BCUT2D eigenvalue weighted by atomic mass is 10.0. The average molecular weight is 280 g/mol. The smallest absolute Gasteiger partial charge is 0.313 e. The molecule has 0 spiro atoms. The van der Waals surface area contributed by atoms with Crippen LogP contribution in [0.25, 0.3) is 0 Å². The van der Waals surface area contributed by atoms with E-state index in [0.29, 0.717) is 0 Å². The monoisotopic (exact) mass is 280 g/mol. The van der Waals surface area contributed by atoms with Gasteiger partial charge in [-0.2, -0.15) is 0 Å². The van der Waals surface area contributed by atoms with E-state index in [4.69, 9.17) is 0 Å². The van der Waals surface area contributed by atoms with Gasteiger partial charge in [0.15, 0.2) is 0 Å². The Labute approximate surface area is 116 Å². The first kappa shape index (κ1) is 14.5. The van der Waals surface area contributed by atoms with E-state index in [0.717, 1.165) is 18.9 Å². The Morgan fingerprint density at radius 1 is 1.40 bits per heavy atom. The number of anilines is 1. The Morgan fingerprint density at radius 2 is 2.10 bits per heavy atom. The van der Waals surface area contributed by atoms with E-state index < -0.39 is 23.2 Å². The van der Waals surface area contributed by atoms with Gasteiger partial charge in [-0.3, -0.25) is 9.59 Å². The fourth-order valence-electron chi connectivity index (χ4n) is 1.94. The Morgan fingerprint density at radius 3 is 2.70 bits per heavy atom. The standard InChI is InChI=1S/C14H17FN2O3/c1-14(20,9-5-6-9)8-16-12(18)13(19)17-11-4-2-3-10(15)7-11/h2-4,7,9,20H,5-6,8H2,1H3,(H,16,18)(H,17,19). The third-order valence-corrected chi connectivity index (χ3v) is 3.35. The highest BCUT2D eigenvalue weighted by molar-refractivity contribution is 6.39. The van der Waals surface area contributed by atoms with Crippen LogP contribution in [0.4, 0.5) is 10.1 Å². The summed E-state index contributed by atoms with van der Waals surface area (Å²) in [4.78, 5) is 23.2. The second-order valence-electron chi connectivity index (χ2n) is 5.28. The molecule has 20 heavy (non-hydrogen) atoms. The number of carbonyl (C=O) groups excluding carboxylic acids is 2. The van der Waals surface area contributed by atoms with Crippen molar-refractivity contribution in [2.75, 3.05) is 11.9 Å². The quantitative estimate of drug-likeness (QED) is 0.721. The summed E-state index contributed by atoms with van der Waals surface area (Å²) < 4.78 is 12.9. The van der Waals surface area contributed by atoms with Crippen molar-refractivity contribution in [1.82, 2.24) is 5.32 Å². The Kier molecular flexibility index (Phi) is 4.04. The minimum atomic E-state index is -0.991. The highest BCUT2D eigenvalue weighted by Gasteiger charge is 2.40. The largest absolute Gasteiger partial charge is 0.388 e. The van der Waals surface area contributed by atoms with Gasteiger partial charge in [-0.25, -0.2) is 4.39 Å². The summed E-state index contributed by atoms with van der Waals surface area (Å²) in [5, 5.41) is 14.7. The van der Waals surface area contributed by atoms with Gasteiger partial charge < -0.3 is 15.7 Å². The van der Waals surface area contributed by atoms with Gasteiger partial charge in [-0.1, -0.05) is 6.07 Å². The summed E-state index contributed by atoms with van der Waals surface area (Å²) in [6.07, 6.45) is 1.86. The summed E-state index contributed by atoms with van der Waals surface area (Å²) in [6.45, 7) is 1.66. The van der Waals surface area contributed by atoms with E-state index >= 15 is 0 Å². The van der Waals surface area contributed by atoms with E-state index in [-0.39, 0.29) is 18.2 Å². The number of amides is 2. The predicted molar refractivity (Wildman–Crippen MR) is 71.4 cm³/mol. The number of halogens is 1. The number of hydrogen-bond donors (Lipinski definition) is 3. The molecule has 2 rings (SSSR count). The van der Waals surface area contributed by atoms with Gasteiger partial charge in [0.25, 0.3) is 0 Å². The zero-order chi connectivity index (χ0) is 14.8. The van der Waals surface area contributed by atoms with E-state index in [2.05, 4.69) is 10.6 Å². The number of aliphatic hydroxyl groups is 1. The van der Waals surface area contributed by atoms with Crippen LogP contribution in [0.1, 0.15) is 19.8 Å². The first-order chi connectivity index (χ1) is 9.38. The van der Waals surface area contributed by atoms with Crippen molar-refractivity contribution in [1.29, 1.82) is 0 Å². The molecule has 2 amide bonds. The normalized spacial score (nSPS) is 17.1. The molecule has 1 aliphatic rings. The molecule has 0 saturated heterocycles. The minimum absolute atomic E-state index is 0.0209. The topological polar surface area (TPSA) is 78.4 Å². The first-order valence-corrected chi connectivity index (χ1v) is 6.45. The molecule has 6 heteroatoms. The molecule has 1 aliphatic carbocycles. The van der Waals surface area contributed by atoms with Crippen LogP contribution in [0.2, 0.25) is 0 Å². The zero-order valence-corrected chi connectivity index (χ0v) is 11.1. The maximum absolute atomic E-state index is 12.9. The molecule has 1 atom stereocenters. The maximum Gasteiger partial charge on any atom is 0.313 e. The molecule has 0 aliphatic heterocycles. The summed E-state index contributed by atoms with van der Waals surface area (Å²) in [5.41, 5.74) is -0.784. The number of carbonyl (C=O) groups is 2. The van der Waals surface area contributed by atoms with E-state index in [1.807, 2.05) is 0 Å². The molecule has 0 aromatic heterocycles. The minimum Gasteiger partial charge on any atom is -0.388 e. The molecule has 0 heterocycles. The molecule has 108 valence electrons. The summed E-state index contributed by atoms with van der Waals surface area (Å²) in [6, 6.07) is 5.27.